The highest BCUT2D eigenvalue weighted by molar-refractivity contribution is 6.03. The number of hydrogen-bond acceptors (Lipinski definition) is 2. The van der Waals surface area contributed by atoms with Crippen molar-refractivity contribution in [3.63, 3.8) is 0 Å². The monoisotopic (exact) mass is 282 g/mol. The van der Waals surface area contributed by atoms with E-state index in [0.717, 1.165) is 37.0 Å². The van der Waals surface area contributed by atoms with Crippen molar-refractivity contribution in [3.8, 4) is 0 Å². The molecule has 0 radical (unpaired) electrons. The molecule has 0 bridgehead atoms. The van der Waals surface area contributed by atoms with Crippen LogP contribution in [0.4, 0.5) is 5.69 Å². The Hall–Kier alpha value is -1.83. The zero-order chi connectivity index (χ0) is 15.4. The Balaban J connectivity index is 2.39. The predicted octanol–water partition coefficient (Wildman–Crippen LogP) is 5.04. The van der Waals surface area contributed by atoms with Crippen LogP contribution in [0.3, 0.4) is 0 Å². The van der Waals surface area contributed by atoms with E-state index in [2.05, 4.69) is 63.2 Å². The van der Waals surface area contributed by atoms with Gasteiger partial charge in [0, 0.05) is 31.1 Å². The second-order valence-corrected chi connectivity index (χ2v) is 6.03. The van der Waals surface area contributed by atoms with Gasteiger partial charge in [0.1, 0.15) is 0 Å². The lowest BCUT2D eigenvalue weighted by atomic mass is 9.93. The first kappa shape index (κ1) is 15.6. The van der Waals surface area contributed by atoms with Gasteiger partial charge >= 0.3 is 0 Å². The van der Waals surface area contributed by atoms with E-state index in [9.17, 15) is 0 Å². The van der Waals surface area contributed by atoms with E-state index in [1.54, 1.807) is 0 Å². The number of nitrogens with one attached hydrogen (secondary N) is 1. The van der Waals surface area contributed by atoms with Crippen LogP contribution in [-0.4, -0.2) is 19.8 Å². The minimum atomic E-state index is 0.765. The van der Waals surface area contributed by atoms with Crippen molar-refractivity contribution in [1.82, 2.24) is 0 Å². The fraction of sp³-hybridized carbons (Fsp3) is 0.421. The van der Waals surface area contributed by atoms with Crippen molar-refractivity contribution in [1.29, 1.82) is 5.41 Å². The molecule has 112 valence electrons. The topological polar surface area (TPSA) is 27.1 Å². The molecule has 1 aromatic rings. The molecular weight excluding hydrogens is 256 g/mol. The molecule has 0 heterocycles. The Kier molecular flexibility index (Phi) is 5.00. The van der Waals surface area contributed by atoms with Crippen LogP contribution in [0.5, 0.6) is 0 Å². The van der Waals surface area contributed by atoms with Crippen LogP contribution in [-0.2, 0) is 0 Å². The van der Waals surface area contributed by atoms with Crippen molar-refractivity contribution < 1.29 is 0 Å². The maximum atomic E-state index is 8.46. The van der Waals surface area contributed by atoms with Gasteiger partial charge in [0.2, 0.25) is 0 Å². The number of nitrogens with zero attached hydrogens (tertiary/aromatic N) is 1. The third kappa shape index (κ3) is 3.63. The number of benzene rings is 1. The maximum absolute atomic E-state index is 8.46. The SMILES string of the molecule is CCCCC(=N)c1cc(N(C)C)ccc1C1=CC(C)=CC1. The average Bonchev–Trinajstić information content (AvgIpc) is 2.90. The highest BCUT2D eigenvalue weighted by atomic mass is 15.1. The second-order valence-electron chi connectivity index (χ2n) is 6.03. The van der Waals surface area contributed by atoms with Crippen LogP contribution < -0.4 is 4.90 Å². The maximum Gasteiger partial charge on any atom is 0.0393 e. The molecule has 2 nitrogen and oxygen atoms in total. The molecule has 0 unspecified atom stereocenters. The van der Waals surface area contributed by atoms with Crippen LogP contribution in [0.25, 0.3) is 5.57 Å². The average molecular weight is 282 g/mol. The molecule has 0 aliphatic heterocycles. The van der Waals surface area contributed by atoms with Gasteiger partial charge < -0.3 is 10.3 Å². The van der Waals surface area contributed by atoms with E-state index in [-0.39, 0.29) is 0 Å². The second kappa shape index (κ2) is 6.75. The molecule has 0 saturated carbocycles. The molecular formula is C19H26N2. The first-order chi connectivity index (χ1) is 10.0. The molecule has 1 aliphatic carbocycles. The van der Waals surface area contributed by atoms with E-state index in [1.165, 1.54) is 22.4 Å². The normalized spacial score (nSPS) is 13.9. The summed E-state index contributed by atoms with van der Waals surface area (Å²) in [5.41, 5.74) is 6.93. The minimum absolute atomic E-state index is 0.765. The standard InChI is InChI=1S/C19H26N2/c1-5-6-7-19(20)18-13-16(21(3)4)10-11-17(18)15-9-8-14(2)12-15/h8,10-13,20H,5-7,9H2,1-4H3. The first-order valence-corrected chi connectivity index (χ1v) is 7.79. The van der Waals surface area contributed by atoms with Crippen molar-refractivity contribution >= 4 is 17.0 Å². The van der Waals surface area contributed by atoms with Gasteiger partial charge in [-0.15, -0.1) is 0 Å². The Morgan fingerprint density at radius 3 is 2.62 bits per heavy atom. The molecule has 21 heavy (non-hydrogen) atoms. The zero-order valence-corrected chi connectivity index (χ0v) is 13.7. The van der Waals surface area contributed by atoms with E-state index >= 15 is 0 Å². The summed E-state index contributed by atoms with van der Waals surface area (Å²) in [6, 6.07) is 6.51. The Labute approximate surface area is 128 Å². The third-order valence-corrected chi connectivity index (χ3v) is 4.02. The van der Waals surface area contributed by atoms with Gasteiger partial charge in [-0.2, -0.15) is 0 Å². The zero-order valence-electron chi connectivity index (χ0n) is 13.7. The molecule has 0 atom stereocenters. The summed E-state index contributed by atoms with van der Waals surface area (Å²) in [5.74, 6) is 0. The van der Waals surface area contributed by atoms with Gasteiger partial charge in [-0.1, -0.05) is 37.1 Å². The molecule has 0 spiro atoms. The summed E-state index contributed by atoms with van der Waals surface area (Å²) in [5, 5.41) is 8.46. The predicted molar refractivity (Wildman–Crippen MR) is 93.5 cm³/mol. The van der Waals surface area contributed by atoms with E-state index in [4.69, 9.17) is 5.41 Å². The van der Waals surface area contributed by atoms with Crippen molar-refractivity contribution in [3.05, 3.63) is 47.1 Å². The summed E-state index contributed by atoms with van der Waals surface area (Å²) in [6.45, 7) is 4.32. The number of unbranched alkanes of at least 4 members (excludes halogenated alkanes) is 1. The number of hydrogen-bond donors (Lipinski definition) is 1. The van der Waals surface area contributed by atoms with Crippen molar-refractivity contribution in [2.45, 2.75) is 39.5 Å². The van der Waals surface area contributed by atoms with E-state index in [1.807, 2.05) is 0 Å². The largest absolute Gasteiger partial charge is 0.378 e. The molecule has 0 aromatic heterocycles. The van der Waals surface area contributed by atoms with Gasteiger partial charge in [0.25, 0.3) is 0 Å². The van der Waals surface area contributed by atoms with E-state index < -0.39 is 0 Å². The smallest absolute Gasteiger partial charge is 0.0393 e. The van der Waals surface area contributed by atoms with Gasteiger partial charge in [0.05, 0.1) is 0 Å². The molecule has 2 rings (SSSR count). The molecule has 0 amide bonds. The Morgan fingerprint density at radius 2 is 2.05 bits per heavy atom. The van der Waals surface area contributed by atoms with Crippen molar-refractivity contribution in [2.75, 3.05) is 19.0 Å². The lowest BCUT2D eigenvalue weighted by Crippen LogP contribution is -2.11. The minimum Gasteiger partial charge on any atom is -0.378 e. The Morgan fingerprint density at radius 1 is 1.29 bits per heavy atom. The van der Waals surface area contributed by atoms with Crippen LogP contribution >= 0.6 is 0 Å². The van der Waals surface area contributed by atoms with Crippen LogP contribution in [0, 0.1) is 5.41 Å². The lowest BCUT2D eigenvalue weighted by molar-refractivity contribution is 0.832. The Bertz CT molecular complexity index is 592. The molecule has 1 aliphatic rings. The summed E-state index contributed by atoms with van der Waals surface area (Å²) in [7, 11) is 4.10. The highest BCUT2D eigenvalue weighted by Gasteiger charge is 2.15. The number of rotatable bonds is 6. The fourth-order valence-corrected chi connectivity index (χ4v) is 2.68. The lowest BCUT2D eigenvalue weighted by Gasteiger charge is -2.18. The summed E-state index contributed by atoms with van der Waals surface area (Å²) in [4.78, 5) is 2.10. The van der Waals surface area contributed by atoms with E-state index in [0.29, 0.717) is 0 Å². The number of anilines is 1. The highest BCUT2D eigenvalue weighted by Crippen LogP contribution is 2.32. The molecule has 0 saturated heterocycles. The van der Waals surface area contributed by atoms with Gasteiger partial charge in [-0.25, -0.2) is 0 Å². The molecule has 0 fully saturated rings. The summed E-state index contributed by atoms with van der Waals surface area (Å²) < 4.78 is 0. The first-order valence-electron chi connectivity index (χ1n) is 7.79. The molecule has 1 N–H and O–H groups in total. The third-order valence-electron chi connectivity index (χ3n) is 4.02. The van der Waals surface area contributed by atoms with Crippen molar-refractivity contribution in [2.24, 2.45) is 0 Å². The van der Waals surface area contributed by atoms with Crippen LogP contribution in [0.15, 0.2) is 35.9 Å². The van der Waals surface area contributed by atoms with Gasteiger partial charge in [-0.05, 0) is 49.5 Å². The van der Waals surface area contributed by atoms with Crippen LogP contribution in [0.1, 0.15) is 50.7 Å². The number of allylic oxidation sites excluding steroid dienone is 4. The molecule has 2 heteroatoms. The summed E-state index contributed by atoms with van der Waals surface area (Å²) in [6.07, 6.45) is 8.58. The summed E-state index contributed by atoms with van der Waals surface area (Å²) >= 11 is 0. The van der Waals surface area contributed by atoms with Crippen LogP contribution in [0.2, 0.25) is 0 Å². The quantitative estimate of drug-likeness (QED) is 0.727. The van der Waals surface area contributed by atoms with Gasteiger partial charge in [-0.3, -0.25) is 0 Å². The molecule has 1 aromatic carbocycles. The van der Waals surface area contributed by atoms with Gasteiger partial charge in [0.15, 0.2) is 0 Å². The fourth-order valence-electron chi connectivity index (χ4n) is 2.68.